The molecular weight excluding hydrogens is 428 g/mol. The van der Waals surface area contributed by atoms with E-state index >= 15 is 0 Å². The van der Waals surface area contributed by atoms with Gasteiger partial charge in [-0.05, 0) is 64.4 Å². The van der Waals surface area contributed by atoms with Crippen LogP contribution in [0, 0.1) is 0 Å². The van der Waals surface area contributed by atoms with Gasteiger partial charge in [-0.1, -0.05) is 11.6 Å². The summed E-state index contributed by atoms with van der Waals surface area (Å²) in [5.74, 6) is -0.0667. The summed E-state index contributed by atoms with van der Waals surface area (Å²) < 4.78 is 5.44. The smallest absolute Gasteiger partial charge is 0.410 e. The van der Waals surface area contributed by atoms with Crippen molar-refractivity contribution in [3.8, 4) is 0 Å². The minimum Gasteiger partial charge on any atom is -0.444 e. The Kier molecular flexibility index (Phi) is 5.36. The normalized spacial score (nSPS) is 17.8. The molecule has 170 valence electrons. The Hall–Kier alpha value is -2.80. The van der Waals surface area contributed by atoms with Crippen LogP contribution in [-0.2, 0) is 10.3 Å². The molecule has 0 radical (unpaired) electrons. The third-order valence-corrected chi connectivity index (χ3v) is 6.30. The monoisotopic (exact) mass is 456 g/mol. The van der Waals surface area contributed by atoms with E-state index in [2.05, 4.69) is 9.88 Å². The molecule has 2 amide bonds. The lowest BCUT2D eigenvalue weighted by atomic mass is 9.93. The van der Waals surface area contributed by atoms with Gasteiger partial charge in [0.1, 0.15) is 5.60 Å². The number of hydrogen-bond donors (Lipinski definition) is 0. The third-order valence-electron chi connectivity index (χ3n) is 6.07. The summed E-state index contributed by atoms with van der Waals surface area (Å²) in [5.41, 5.74) is 2.10. The molecule has 32 heavy (non-hydrogen) atoms. The fourth-order valence-electron chi connectivity index (χ4n) is 4.26. The number of ether oxygens (including phenoxy) is 1. The van der Waals surface area contributed by atoms with Crippen LogP contribution < -0.4 is 9.80 Å². The molecule has 2 aliphatic rings. The number of aromatic nitrogens is 1. The van der Waals surface area contributed by atoms with Crippen LogP contribution in [0.5, 0.6) is 0 Å². The van der Waals surface area contributed by atoms with Gasteiger partial charge in [0.2, 0.25) is 0 Å². The molecule has 2 aliphatic heterocycles. The van der Waals surface area contributed by atoms with Gasteiger partial charge in [-0.3, -0.25) is 14.7 Å². The summed E-state index contributed by atoms with van der Waals surface area (Å²) in [7, 11) is 1.98. The Bertz CT molecular complexity index is 1070. The van der Waals surface area contributed by atoms with Crippen molar-refractivity contribution < 1.29 is 14.3 Å². The number of amides is 2. The van der Waals surface area contributed by atoms with Crippen LogP contribution in [-0.4, -0.2) is 53.7 Å². The largest absolute Gasteiger partial charge is 0.444 e. The molecule has 0 atom stereocenters. The van der Waals surface area contributed by atoms with E-state index in [9.17, 15) is 9.59 Å². The van der Waals surface area contributed by atoms with Crippen LogP contribution >= 0.6 is 11.6 Å². The summed E-state index contributed by atoms with van der Waals surface area (Å²) in [6, 6.07) is 7.50. The minimum atomic E-state index is -0.555. The zero-order chi connectivity index (χ0) is 23.4. The van der Waals surface area contributed by atoms with Gasteiger partial charge < -0.3 is 14.5 Å². The van der Waals surface area contributed by atoms with Gasteiger partial charge in [-0.2, -0.15) is 0 Å². The van der Waals surface area contributed by atoms with E-state index in [0.717, 1.165) is 16.9 Å². The predicted molar refractivity (Wildman–Crippen MR) is 126 cm³/mol. The zero-order valence-electron chi connectivity index (χ0n) is 19.3. The summed E-state index contributed by atoms with van der Waals surface area (Å²) in [4.78, 5) is 35.4. The van der Waals surface area contributed by atoms with Crippen LogP contribution in [0.3, 0.4) is 0 Å². The first-order valence-electron chi connectivity index (χ1n) is 10.7. The van der Waals surface area contributed by atoms with Crippen molar-refractivity contribution in [2.75, 3.05) is 29.9 Å². The molecule has 7 nitrogen and oxygen atoms in total. The number of rotatable bonds is 3. The SMILES string of the molecule is CN(c1cncc(N2C(=O)c3ccc(Cl)cc3C2(C)C)c1)C1CN(C(=O)OC(C)(C)C)C1. The molecule has 3 heterocycles. The average molecular weight is 457 g/mol. The molecule has 1 saturated heterocycles. The second-order valence-electron chi connectivity index (χ2n) is 9.94. The number of nitrogens with zero attached hydrogens (tertiary/aromatic N) is 4. The summed E-state index contributed by atoms with van der Waals surface area (Å²) >= 11 is 6.20. The molecule has 0 aliphatic carbocycles. The average Bonchev–Trinajstić information content (AvgIpc) is 2.84. The molecule has 1 aromatic heterocycles. The van der Waals surface area contributed by atoms with Gasteiger partial charge in [0.15, 0.2) is 0 Å². The number of carbonyl (C=O) groups is 2. The van der Waals surface area contributed by atoms with Crippen molar-refractivity contribution in [1.29, 1.82) is 0 Å². The second kappa shape index (κ2) is 7.66. The van der Waals surface area contributed by atoms with E-state index < -0.39 is 11.1 Å². The quantitative estimate of drug-likeness (QED) is 0.670. The number of fused-ring (bicyclic) bond motifs is 1. The van der Waals surface area contributed by atoms with Gasteiger partial charge in [0.05, 0.1) is 35.3 Å². The molecular formula is C24H29ClN4O3. The van der Waals surface area contributed by atoms with Crippen LogP contribution in [0.1, 0.15) is 50.5 Å². The van der Waals surface area contributed by atoms with E-state index in [4.69, 9.17) is 16.3 Å². The third kappa shape index (κ3) is 3.90. The lowest BCUT2D eigenvalue weighted by Gasteiger charge is -2.45. The highest BCUT2D eigenvalue weighted by Crippen LogP contribution is 2.43. The van der Waals surface area contributed by atoms with E-state index in [1.165, 1.54) is 0 Å². The van der Waals surface area contributed by atoms with Crippen molar-refractivity contribution in [3.63, 3.8) is 0 Å². The van der Waals surface area contributed by atoms with Crippen molar-refractivity contribution in [2.24, 2.45) is 0 Å². The number of carbonyl (C=O) groups excluding carboxylic acids is 2. The lowest BCUT2D eigenvalue weighted by molar-refractivity contribution is 0.00850. The maximum Gasteiger partial charge on any atom is 0.410 e. The van der Waals surface area contributed by atoms with Gasteiger partial charge in [-0.25, -0.2) is 4.79 Å². The highest BCUT2D eigenvalue weighted by Gasteiger charge is 2.44. The Labute approximate surface area is 193 Å². The molecule has 1 aromatic carbocycles. The topological polar surface area (TPSA) is 66.0 Å². The summed E-state index contributed by atoms with van der Waals surface area (Å²) in [5, 5.41) is 0.609. The number of pyridine rings is 1. The van der Waals surface area contributed by atoms with Gasteiger partial charge >= 0.3 is 6.09 Å². The molecule has 0 unspecified atom stereocenters. The standard InChI is InChI=1S/C24H29ClN4O3/c1-23(2,3)32-22(31)28-13-18(14-28)27(6)16-10-17(12-26-11-16)29-21(30)19-8-7-15(25)9-20(19)24(29,4)5/h7-12,18H,13-14H2,1-6H3. The van der Waals surface area contributed by atoms with Gasteiger partial charge in [0, 0.05) is 30.7 Å². The highest BCUT2D eigenvalue weighted by atomic mass is 35.5. The molecule has 2 aromatic rings. The summed E-state index contributed by atoms with van der Waals surface area (Å²) in [6.07, 6.45) is 3.19. The number of likely N-dealkylation sites (N-methyl/N-ethyl adjacent to an activating group) is 1. The number of anilines is 2. The number of benzene rings is 1. The van der Waals surface area contributed by atoms with Crippen LogP contribution in [0.2, 0.25) is 5.02 Å². The molecule has 4 rings (SSSR count). The number of hydrogen-bond acceptors (Lipinski definition) is 5. The number of halogens is 1. The van der Waals surface area contributed by atoms with E-state index in [0.29, 0.717) is 23.7 Å². The Morgan fingerprint density at radius 1 is 1.22 bits per heavy atom. The van der Waals surface area contributed by atoms with Crippen molar-refractivity contribution in [2.45, 2.75) is 51.8 Å². The first-order valence-corrected chi connectivity index (χ1v) is 11.1. The van der Waals surface area contributed by atoms with Gasteiger partial charge in [0.25, 0.3) is 5.91 Å². The minimum absolute atomic E-state index is 0.0667. The van der Waals surface area contributed by atoms with Gasteiger partial charge in [-0.15, -0.1) is 0 Å². The molecule has 8 heteroatoms. The fraction of sp³-hybridized carbons (Fsp3) is 0.458. The number of likely N-dealkylation sites (tertiary alicyclic amines) is 1. The van der Waals surface area contributed by atoms with Crippen molar-refractivity contribution >= 4 is 35.0 Å². The second-order valence-corrected chi connectivity index (χ2v) is 10.4. The maximum atomic E-state index is 13.2. The Morgan fingerprint density at radius 3 is 2.56 bits per heavy atom. The van der Waals surface area contributed by atoms with Crippen molar-refractivity contribution in [1.82, 2.24) is 9.88 Å². The summed E-state index contributed by atoms with van der Waals surface area (Å²) in [6.45, 7) is 10.8. The maximum absolute atomic E-state index is 13.2. The lowest BCUT2D eigenvalue weighted by Crippen LogP contribution is -2.61. The van der Waals surface area contributed by atoms with Crippen molar-refractivity contribution in [3.05, 3.63) is 52.8 Å². The fourth-order valence-corrected chi connectivity index (χ4v) is 4.43. The Balaban J connectivity index is 1.51. The molecule has 0 bridgehead atoms. The van der Waals surface area contributed by atoms with Crippen LogP contribution in [0.25, 0.3) is 0 Å². The zero-order valence-corrected chi connectivity index (χ0v) is 20.1. The van der Waals surface area contributed by atoms with Crippen LogP contribution in [0.4, 0.5) is 16.2 Å². The highest BCUT2D eigenvalue weighted by molar-refractivity contribution is 6.31. The van der Waals surface area contributed by atoms with E-state index in [-0.39, 0.29) is 18.0 Å². The van der Waals surface area contributed by atoms with E-state index in [1.54, 1.807) is 34.3 Å². The first-order chi connectivity index (χ1) is 14.9. The van der Waals surface area contributed by atoms with E-state index in [1.807, 2.05) is 53.8 Å². The molecule has 0 spiro atoms. The predicted octanol–water partition coefficient (Wildman–Crippen LogP) is 4.69. The molecule has 1 fully saturated rings. The Morgan fingerprint density at radius 2 is 1.91 bits per heavy atom. The first kappa shape index (κ1) is 22.4. The molecule has 0 N–H and O–H groups in total. The van der Waals surface area contributed by atoms with Crippen LogP contribution in [0.15, 0.2) is 36.7 Å². The molecule has 0 saturated carbocycles.